The van der Waals surface area contributed by atoms with Crippen molar-refractivity contribution >= 4 is 11.6 Å². The molecule has 0 heterocycles. The van der Waals surface area contributed by atoms with E-state index >= 15 is 0 Å². The van der Waals surface area contributed by atoms with Crippen molar-refractivity contribution in [1.29, 1.82) is 0 Å². The summed E-state index contributed by atoms with van der Waals surface area (Å²) in [5, 5.41) is 2.94. The van der Waals surface area contributed by atoms with Gasteiger partial charge in [0.15, 0.2) is 0 Å². The lowest BCUT2D eigenvalue weighted by atomic mass is 10.2. The SMILES string of the molecule is CCCCOc1ccccc1NC(=O)c1cccc(OCc2ccccc2)c1. The predicted molar refractivity (Wildman–Crippen MR) is 112 cm³/mol. The van der Waals surface area contributed by atoms with Crippen LogP contribution in [0.15, 0.2) is 78.9 Å². The predicted octanol–water partition coefficient (Wildman–Crippen LogP) is 5.70. The molecule has 0 aliphatic carbocycles. The van der Waals surface area contributed by atoms with E-state index in [2.05, 4.69) is 12.2 Å². The molecule has 0 aliphatic rings. The van der Waals surface area contributed by atoms with Crippen molar-refractivity contribution in [3.63, 3.8) is 0 Å². The van der Waals surface area contributed by atoms with Crippen LogP contribution < -0.4 is 14.8 Å². The number of rotatable bonds is 9. The molecule has 0 spiro atoms. The second-order valence-electron chi connectivity index (χ2n) is 6.45. The number of amides is 1. The third kappa shape index (κ3) is 5.61. The summed E-state index contributed by atoms with van der Waals surface area (Å²) in [6, 6.07) is 24.6. The maximum Gasteiger partial charge on any atom is 0.255 e. The zero-order valence-electron chi connectivity index (χ0n) is 16.1. The highest BCUT2D eigenvalue weighted by atomic mass is 16.5. The van der Waals surface area contributed by atoms with E-state index in [4.69, 9.17) is 9.47 Å². The van der Waals surface area contributed by atoms with Crippen LogP contribution in [0.2, 0.25) is 0 Å². The highest BCUT2D eigenvalue weighted by molar-refractivity contribution is 6.05. The summed E-state index contributed by atoms with van der Waals surface area (Å²) in [5.41, 5.74) is 2.28. The Kier molecular flexibility index (Phi) is 7.08. The molecule has 1 amide bonds. The Labute approximate surface area is 166 Å². The Hall–Kier alpha value is -3.27. The van der Waals surface area contributed by atoms with Gasteiger partial charge in [0, 0.05) is 5.56 Å². The molecule has 3 aromatic rings. The van der Waals surface area contributed by atoms with E-state index < -0.39 is 0 Å². The monoisotopic (exact) mass is 375 g/mol. The summed E-state index contributed by atoms with van der Waals surface area (Å²) in [5.74, 6) is 1.14. The zero-order valence-corrected chi connectivity index (χ0v) is 16.1. The zero-order chi connectivity index (χ0) is 19.6. The molecule has 0 aliphatic heterocycles. The molecular formula is C24H25NO3. The van der Waals surface area contributed by atoms with E-state index in [0.717, 1.165) is 18.4 Å². The van der Waals surface area contributed by atoms with Crippen molar-refractivity contribution in [2.45, 2.75) is 26.4 Å². The van der Waals surface area contributed by atoms with E-state index in [0.29, 0.717) is 36.0 Å². The first-order valence-corrected chi connectivity index (χ1v) is 9.56. The van der Waals surface area contributed by atoms with Crippen molar-refractivity contribution in [3.05, 3.63) is 90.0 Å². The Morgan fingerprint density at radius 2 is 1.68 bits per heavy atom. The fourth-order valence-electron chi connectivity index (χ4n) is 2.68. The standard InChI is InChI=1S/C24H25NO3/c1-2-3-16-27-23-15-8-7-14-22(23)25-24(26)20-12-9-13-21(17-20)28-18-19-10-5-4-6-11-19/h4-15,17H,2-3,16,18H2,1H3,(H,25,26). The number of carbonyl (C=O) groups excluding carboxylic acids is 1. The maximum atomic E-state index is 12.7. The summed E-state index contributed by atoms with van der Waals surface area (Å²) in [4.78, 5) is 12.7. The normalized spacial score (nSPS) is 10.3. The molecule has 3 aromatic carbocycles. The van der Waals surface area contributed by atoms with Gasteiger partial charge in [-0.05, 0) is 42.3 Å². The van der Waals surface area contributed by atoms with Gasteiger partial charge in [-0.2, -0.15) is 0 Å². The molecule has 3 rings (SSSR count). The molecule has 0 bridgehead atoms. The summed E-state index contributed by atoms with van der Waals surface area (Å²) < 4.78 is 11.6. The third-order valence-corrected chi connectivity index (χ3v) is 4.24. The van der Waals surface area contributed by atoms with Crippen LogP contribution in [-0.2, 0) is 6.61 Å². The quantitative estimate of drug-likeness (QED) is 0.488. The molecule has 1 N–H and O–H groups in total. The fraction of sp³-hybridized carbons (Fsp3) is 0.208. The van der Waals surface area contributed by atoms with Crippen LogP contribution in [-0.4, -0.2) is 12.5 Å². The molecule has 144 valence electrons. The van der Waals surface area contributed by atoms with E-state index in [9.17, 15) is 4.79 Å². The second-order valence-corrected chi connectivity index (χ2v) is 6.45. The number of benzene rings is 3. The van der Waals surface area contributed by atoms with Crippen LogP contribution in [0.4, 0.5) is 5.69 Å². The second kappa shape index (κ2) is 10.2. The van der Waals surface area contributed by atoms with Crippen LogP contribution in [0.3, 0.4) is 0 Å². The Morgan fingerprint density at radius 3 is 2.50 bits per heavy atom. The van der Waals surface area contributed by atoms with Crippen molar-refractivity contribution in [3.8, 4) is 11.5 Å². The molecule has 0 fully saturated rings. The summed E-state index contributed by atoms with van der Waals surface area (Å²) in [6.07, 6.45) is 2.04. The molecule has 28 heavy (non-hydrogen) atoms. The third-order valence-electron chi connectivity index (χ3n) is 4.24. The number of unbranched alkanes of at least 4 members (excludes halogenated alkanes) is 1. The molecule has 0 atom stereocenters. The molecular weight excluding hydrogens is 350 g/mol. The molecule has 4 nitrogen and oxygen atoms in total. The molecule has 0 saturated heterocycles. The lowest BCUT2D eigenvalue weighted by molar-refractivity contribution is 0.102. The number of ether oxygens (including phenoxy) is 2. The van der Waals surface area contributed by atoms with Gasteiger partial charge in [-0.15, -0.1) is 0 Å². The number of nitrogens with one attached hydrogen (secondary N) is 1. The van der Waals surface area contributed by atoms with E-state index in [1.807, 2.05) is 66.7 Å². The average molecular weight is 375 g/mol. The number of hydrogen-bond donors (Lipinski definition) is 1. The Bertz CT molecular complexity index is 893. The van der Waals surface area contributed by atoms with Gasteiger partial charge in [0.1, 0.15) is 18.1 Å². The minimum absolute atomic E-state index is 0.197. The van der Waals surface area contributed by atoms with Crippen LogP contribution in [0, 0.1) is 0 Å². The molecule has 0 saturated carbocycles. The van der Waals surface area contributed by atoms with Gasteiger partial charge < -0.3 is 14.8 Å². The first-order valence-electron chi connectivity index (χ1n) is 9.56. The van der Waals surface area contributed by atoms with E-state index in [1.165, 1.54) is 0 Å². The van der Waals surface area contributed by atoms with Gasteiger partial charge in [-0.1, -0.05) is 61.9 Å². The highest BCUT2D eigenvalue weighted by Crippen LogP contribution is 2.25. The van der Waals surface area contributed by atoms with Gasteiger partial charge in [-0.3, -0.25) is 4.79 Å². The maximum absolute atomic E-state index is 12.7. The smallest absolute Gasteiger partial charge is 0.255 e. The van der Waals surface area contributed by atoms with Gasteiger partial charge in [0.25, 0.3) is 5.91 Å². The van der Waals surface area contributed by atoms with Crippen molar-refractivity contribution in [2.75, 3.05) is 11.9 Å². The molecule has 4 heteroatoms. The summed E-state index contributed by atoms with van der Waals surface area (Å²) in [7, 11) is 0. The summed E-state index contributed by atoms with van der Waals surface area (Å²) in [6.45, 7) is 3.20. The lowest BCUT2D eigenvalue weighted by Gasteiger charge is -2.13. The topological polar surface area (TPSA) is 47.6 Å². The van der Waals surface area contributed by atoms with Gasteiger partial charge in [0.05, 0.1) is 12.3 Å². The molecule has 0 aromatic heterocycles. The van der Waals surface area contributed by atoms with Gasteiger partial charge in [-0.25, -0.2) is 0 Å². The van der Waals surface area contributed by atoms with Crippen LogP contribution in [0.25, 0.3) is 0 Å². The number of anilines is 1. The van der Waals surface area contributed by atoms with Crippen molar-refractivity contribution < 1.29 is 14.3 Å². The minimum atomic E-state index is -0.197. The average Bonchev–Trinajstić information content (AvgIpc) is 2.74. The van der Waals surface area contributed by atoms with Gasteiger partial charge in [0.2, 0.25) is 0 Å². The fourth-order valence-corrected chi connectivity index (χ4v) is 2.68. The lowest BCUT2D eigenvalue weighted by Crippen LogP contribution is -2.13. The highest BCUT2D eigenvalue weighted by Gasteiger charge is 2.11. The van der Waals surface area contributed by atoms with Crippen molar-refractivity contribution in [1.82, 2.24) is 0 Å². The number of hydrogen-bond acceptors (Lipinski definition) is 3. The van der Waals surface area contributed by atoms with Crippen molar-refractivity contribution in [2.24, 2.45) is 0 Å². The largest absolute Gasteiger partial charge is 0.491 e. The van der Waals surface area contributed by atoms with E-state index in [-0.39, 0.29) is 5.91 Å². The Morgan fingerprint density at radius 1 is 0.893 bits per heavy atom. The van der Waals surface area contributed by atoms with Gasteiger partial charge >= 0.3 is 0 Å². The van der Waals surface area contributed by atoms with Crippen LogP contribution in [0.1, 0.15) is 35.7 Å². The number of carbonyl (C=O) groups is 1. The summed E-state index contributed by atoms with van der Waals surface area (Å²) >= 11 is 0. The number of para-hydroxylation sites is 2. The van der Waals surface area contributed by atoms with Crippen LogP contribution in [0.5, 0.6) is 11.5 Å². The minimum Gasteiger partial charge on any atom is -0.491 e. The van der Waals surface area contributed by atoms with E-state index in [1.54, 1.807) is 12.1 Å². The first-order chi connectivity index (χ1) is 13.8. The first kappa shape index (κ1) is 19.5. The molecule has 0 radical (unpaired) electrons. The molecule has 0 unspecified atom stereocenters. The van der Waals surface area contributed by atoms with Crippen LogP contribution >= 0.6 is 0 Å². The Balaban J connectivity index is 1.65.